The van der Waals surface area contributed by atoms with Crippen molar-refractivity contribution in [1.82, 2.24) is 9.80 Å². The van der Waals surface area contributed by atoms with Crippen LogP contribution in [0.2, 0.25) is 0 Å². The van der Waals surface area contributed by atoms with E-state index in [9.17, 15) is 4.79 Å². The van der Waals surface area contributed by atoms with Crippen molar-refractivity contribution in [3.05, 3.63) is 29.8 Å². The van der Waals surface area contributed by atoms with Gasteiger partial charge in [0.15, 0.2) is 0 Å². The van der Waals surface area contributed by atoms with Gasteiger partial charge in [-0.25, -0.2) is 0 Å². The molecule has 1 unspecified atom stereocenters. The van der Waals surface area contributed by atoms with Gasteiger partial charge in [0.25, 0.3) is 0 Å². The molecule has 2 heterocycles. The highest BCUT2D eigenvalue weighted by molar-refractivity contribution is 5.76. The number of carbonyl (C=O) groups is 1. The molecule has 1 amide bonds. The van der Waals surface area contributed by atoms with Gasteiger partial charge in [-0.2, -0.15) is 0 Å². The summed E-state index contributed by atoms with van der Waals surface area (Å²) in [7, 11) is 5.20. The Balaban J connectivity index is 1.38. The van der Waals surface area contributed by atoms with E-state index < -0.39 is 0 Å². The minimum absolute atomic E-state index is 0.0200. The average molecular weight is 376 g/mol. The molecular weight excluding hydrogens is 344 g/mol. The lowest BCUT2D eigenvalue weighted by Gasteiger charge is -2.53. The van der Waals surface area contributed by atoms with Crippen molar-refractivity contribution in [2.75, 3.05) is 54.1 Å². The summed E-state index contributed by atoms with van der Waals surface area (Å²) in [6.45, 7) is 4.60. The third-order valence-corrected chi connectivity index (χ3v) is 5.58. The molecule has 1 aromatic carbocycles. The highest BCUT2D eigenvalue weighted by Gasteiger charge is 2.47. The normalized spacial score (nSPS) is 21.7. The molecule has 0 aliphatic carbocycles. The van der Waals surface area contributed by atoms with Gasteiger partial charge >= 0.3 is 0 Å². The van der Waals surface area contributed by atoms with Gasteiger partial charge in [-0.1, -0.05) is 12.1 Å². The maximum atomic E-state index is 11.5. The number of rotatable bonds is 8. The van der Waals surface area contributed by atoms with Crippen molar-refractivity contribution in [2.24, 2.45) is 5.92 Å². The largest absolute Gasteiger partial charge is 0.497 e. The molecule has 0 radical (unpaired) electrons. The molecule has 2 saturated heterocycles. The highest BCUT2D eigenvalue weighted by Crippen LogP contribution is 2.38. The number of ether oxygens (including phenoxy) is 3. The van der Waals surface area contributed by atoms with E-state index in [1.165, 1.54) is 5.56 Å². The number of hydrogen-bond donors (Lipinski definition) is 0. The van der Waals surface area contributed by atoms with E-state index in [1.54, 1.807) is 26.1 Å². The second kappa shape index (κ2) is 9.04. The zero-order valence-corrected chi connectivity index (χ0v) is 16.8. The Kier molecular flexibility index (Phi) is 6.73. The zero-order chi connectivity index (χ0) is 19.3. The van der Waals surface area contributed by atoms with E-state index in [4.69, 9.17) is 14.2 Å². The fraction of sp³-hybridized carbons (Fsp3) is 0.667. The third kappa shape index (κ3) is 5.43. The van der Waals surface area contributed by atoms with Crippen molar-refractivity contribution < 1.29 is 19.0 Å². The summed E-state index contributed by atoms with van der Waals surface area (Å²) in [4.78, 5) is 15.5. The van der Waals surface area contributed by atoms with Crippen LogP contribution in [0.5, 0.6) is 5.75 Å². The van der Waals surface area contributed by atoms with Gasteiger partial charge in [0.1, 0.15) is 12.4 Å². The maximum absolute atomic E-state index is 11.5. The number of hydrogen-bond acceptors (Lipinski definition) is 5. The molecule has 1 atom stereocenters. The Hall–Kier alpha value is -1.63. The van der Waals surface area contributed by atoms with Crippen LogP contribution in [0.3, 0.4) is 0 Å². The number of methoxy groups -OCH3 is 1. The number of nitrogens with zero attached hydrogens (tertiary/aromatic N) is 2. The van der Waals surface area contributed by atoms with Crippen LogP contribution in [-0.4, -0.2) is 75.4 Å². The summed E-state index contributed by atoms with van der Waals surface area (Å²) in [6.07, 6.45) is 3.19. The minimum atomic E-state index is 0.0200. The Bertz CT molecular complexity index is 611. The molecule has 0 bridgehead atoms. The fourth-order valence-electron chi connectivity index (χ4n) is 4.00. The Morgan fingerprint density at radius 1 is 1.30 bits per heavy atom. The van der Waals surface area contributed by atoms with Crippen LogP contribution in [0.4, 0.5) is 0 Å². The summed E-state index contributed by atoms with van der Waals surface area (Å²) >= 11 is 0. The third-order valence-electron chi connectivity index (χ3n) is 5.58. The van der Waals surface area contributed by atoms with Crippen LogP contribution in [0, 0.1) is 5.92 Å². The minimum Gasteiger partial charge on any atom is -0.497 e. The molecule has 6 nitrogen and oxygen atoms in total. The number of amides is 1. The molecule has 1 spiro atoms. The van der Waals surface area contributed by atoms with Gasteiger partial charge in [0, 0.05) is 46.9 Å². The van der Waals surface area contributed by atoms with Crippen LogP contribution in [0.1, 0.15) is 24.8 Å². The Labute approximate surface area is 162 Å². The van der Waals surface area contributed by atoms with Crippen molar-refractivity contribution in [2.45, 2.75) is 31.4 Å². The topological polar surface area (TPSA) is 51.2 Å². The van der Waals surface area contributed by atoms with Crippen LogP contribution >= 0.6 is 0 Å². The van der Waals surface area contributed by atoms with E-state index in [1.807, 2.05) is 12.1 Å². The van der Waals surface area contributed by atoms with Crippen molar-refractivity contribution >= 4 is 5.91 Å². The predicted octanol–water partition coefficient (Wildman–Crippen LogP) is 2.17. The smallest absolute Gasteiger partial charge is 0.248 e. The Morgan fingerprint density at radius 3 is 2.70 bits per heavy atom. The molecule has 3 rings (SSSR count). The van der Waals surface area contributed by atoms with Gasteiger partial charge in [0.05, 0.1) is 12.7 Å². The molecular formula is C21H32N2O4. The molecule has 1 aromatic rings. The molecule has 0 N–H and O–H groups in total. The van der Waals surface area contributed by atoms with Crippen LogP contribution < -0.4 is 4.74 Å². The summed E-state index contributed by atoms with van der Waals surface area (Å²) < 4.78 is 16.9. The molecule has 2 aliphatic rings. The lowest BCUT2D eigenvalue weighted by molar-refractivity contribution is -0.182. The van der Waals surface area contributed by atoms with E-state index in [2.05, 4.69) is 17.0 Å². The molecule has 27 heavy (non-hydrogen) atoms. The molecule has 0 aromatic heterocycles. The number of likely N-dealkylation sites (tertiary alicyclic amines) is 1. The first-order chi connectivity index (χ1) is 13.0. The molecule has 0 saturated carbocycles. The molecule has 6 heteroatoms. The van der Waals surface area contributed by atoms with Crippen LogP contribution in [0.25, 0.3) is 0 Å². The van der Waals surface area contributed by atoms with Crippen molar-refractivity contribution in [3.63, 3.8) is 0 Å². The number of carbonyl (C=O) groups excluding carboxylic acids is 1. The van der Waals surface area contributed by atoms with E-state index in [0.29, 0.717) is 12.5 Å². The molecule has 2 fully saturated rings. The van der Waals surface area contributed by atoms with E-state index in [0.717, 1.165) is 51.3 Å². The Morgan fingerprint density at radius 2 is 2.04 bits per heavy atom. The average Bonchev–Trinajstić information content (AvgIpc) is 2.64. The second-order valence-electron chi connectivity index (χ2n) is 8.01. The molecule has 150 valence electrons. The van der Waals surface area contributed by atoms with Gasteiger partial charge in [-0.15, -0.1) is 0 Å². The fourth-order valence-corrected chi connectivity index (χ4v) is 4.00. The SMILES string of the molecule is COc1ccc(CN2CC3(CC(CCOCC(=O)N(C)C)CCO3)C2)cc1. The highest BCUT2D eigenvalue weighted by atomic mass is 16.5. The molecule has 2 aliphatic heterocycles. The lowest BCUT2D eigenvalue weighted by atomic mass is 9.79. The van der Waals surface area contributed by atoms with E-state index >= 15 is 0 Å². The lowest BCUT2D eigenvalue weighted by Crippen LogP contribution is -2.64. The maximum Gasteiger partial charge on any atom is 0.248 e. The van der Waals surface area contributed by atoms with Gasteiger partial charge in [-0.05, 0) is 42.9 Å². The number of benzene rings is 1. The standard InChI is InChI=1S/C21H32N2O4/c1-22(2)20(24)14-26-10-8-17-9-11-27-21(12-17)15-23(16-21)13-18-4-6-19(25-3)7-5-18/h4-7,17H,8-16H2,1-3H3. The quantitative estimate of drug-likeness (QED) is 0.651. The van der Waals surface area contributed by atoms with Crippen molar-refractivity contribution in [3.8, 4) is 5.75 Å². The van der Waals surface area contributed by atoms with E-state index in [-0.39, 0.29) is 18.1 Å². The summed E-state index contributed by atoms with van der Waals surface area (Å²) in [5, 5.41) is 0. The zero-order valence-electron chi connectivity index (χ0n) is 16.8. The number of likely N-dealkylation sites (N-methyl/N-ethyl adjacent to an activating group) is 1. The first kappa shape index (κ1) is 20.1. The van der Waals surface area contributed by atoms with Crippen LogP contribution in [0.15, 0.2) is 24.3 Å². The second-order valence-corrected chi connectivity index (χ2v) is 8.01. The summed E-state index contributed by atoms with van der Waals surface area (Å²) in [5.41, 5.74) is 1.33. The van der Waals surface area contributed by atoms with Gasteiger partial charge < -0.3 is 19.1 Å². The summed E-state index contributed by atoms with van der Waals surface area (Å²) in [6, 6.07) is 8.28. The van der Waals surface area contributed by atoms with Crippen molar-refractivity contribution in [1.29, 1.82) is 0 Å². The predicted molar refractivity (Wildman–Crippen MR) is 104 cm³/mol. The summed E-state index contributed by atoms with van der Waals surface area (Å²) in [5.74, 6) is 1.54. The monoisotopic (exact) mass is 376 g/mol. The van der Waals surface area contributed by atoms with Crippen LogP contribution in [-0.2, 0) is 20.8 Å². The van der Waals surface area contributed by atoms with Gasteiger partial charge in [-0.3, -0.25) is 9.69 Å². The first-order valence-corrected chi connectivity index (χ1v) is 9.77. The first-order valence-electron chi connectivity index (χ1n) is 9.77. The van der Waals surface area contributed by atoms with Gasteiger partial charge in [0.2, 0.25) is 5.91 Å².